The van der Waals surface area contributed by atoms with Crippen molar-refractivity contribution in [2.75, 3.05) is 43.0 Å². The number of hydrogen-bond donors (Lipinski definition) is 5. The Bertz CT molecular complexity index is 1250. The fourth-order valence-electron chi connectivity index (χ4n) is 5.08. The summed E-state index contributed by atoms with van der Waals surface area (Å²) >= 11 is 0. The first-order valence-electron chi connectivity index (χ1n) is 13.6. The van der Waals surface area contributed by atoms with Crippen molar-refractivity contribution < 1.29 is 4.84 Å². The van der Waals surface area contributed by atoms with Crippen LogP contribution in [0.2, 0.25) is 0 Å². The fourth-order valence-corrected chi connectivity index (χ4v) is 5.08. The Balaban J connectivity index is 1.44. The highest BCUT2D eigenvalue weighted by Crippen LogP contribution is 2.34. The highest BCUT2D eigenvalue weighted by Gasteiger charge is 2.24. The van der Waals surface area contributed by atoms with Gasteiger partial charge < -0.3 is 26.1 Å². The molecule has 9 heteroatoms. The van der Waals surface area contributed by atoms with E-state index in [0.717, 1.165) is 48.6 Å². The van der Waals surface area contributed by atoms with Crippen LogP contribution >= 0.6 is 0 Å². The standard InChI is InChI=1S/C30H42N8O/c1-30(2,3)25(39-33)13-16-34-23-9-11-24(12-10-23)37-29-26(28(32)35-19-36-29)27(31)22-7-5-20(6-8-22)21-14-17-38(4)18-15-21/h5,7,9-13,19,21,31,34H,6,8,14-18,33H2,1-4H3,(H3,32,35,36,37)/b25-13-,31-27?. The summed E-state index contributed by atoms with van der Waals surface area (Å²) in [5.41, 5.74) is 11.3. The molecule has 4 rings (SSSR count). The summed E-state index contributed by atoms with van der Waals surface area (Å²) in [6, 6.07) is 7.87. The van der Waals surface area contributed by atoms with Crippen LogP contribution in [0, 0.1) is 16.7 Å². The minimum atomic E-state index is -0.159. The largest absolute Gasteiger partial charge is 0.416 e. The van der Waals surface area contributed by atoms with Crippen molar-refractivity contribution in [1.29, 1.82) is 5.41 Å². The molecule has 1 aromatic heterocycles. The van der Waals surface area contributed by atoms with Gasteiger partial charge in [-0.3, -0.25) is 5.41 Å². The van der Waals surface area contributed by atoms with Gasteiger partial charge in [-0.25, -0.2) is 9.97 Å². The number of rotatable bonds is 9. The van der Waals surface area contributed by atoms with E-state index in [4.69, 9.17) is 21.9 Å². The smallest absolute Gasteiger partial charge is 0.145 e. The highest BCUT2D eigenvalue weighted by molar-refractivity contribution is 6.16. The van der Waals surface area contributed by atoms with Gasteiger partial charge in [0.15, 0.2) is 0 Å². The van der Waals surface area contributed by atoms with E-state index in [-0.39, 0.29) is 5.41 Å². The molecule has 2 aliphatic rings. The molecular formula is C30H42N8O. The molecule has 0 unspecified atom stereocenters. The molecule has 39 heavy (non-hydrogen) atoms. The lowest BCUT2D eigenvalue weighted by Gasteiger charge is -2.31. The van der Waals surface area contributed by atoms with E-state index < -0.39 is 0 Å². The zero-order valence-electron chi connectivity index (χ0n) is 23.6. The zero-order valence-corrected chi connectivity index (χ0v) is 23.6. The molecular weight excluding hydrogens is 488 g/mol. The number of benzene rings is 1. The van der Waals surface area contributed by atoms with E-state index in [1.807, 2.05) is 30.3 Å². The number of piperidine rings is 1. The third-order valence-corrected chi connectivity index (χ3v) is 7.48. The third kappa shape index (κ3) is 7.25. The van der Waals surface area contributed by atoms with Crippen molar-refractivity contribution in [3.63, 3.8) is 0 Å². The number of nitrogens with zero attached hydrogens (tertiary/aromatic N) is 3. The topological polar surface area (TPSA) is 138 Å². The second kappa shape index (κ2) is 12.4. The van der Waals surface area contributed by atoms with Gasteiger partial charge in [-0.05, 0) is 87.7 Å². The predicted octanol–water partition coefficient (Wildman–Crippen LogP) is 5.39. The van der Waals surface area contributed by atoms with Gasteiger partial charge in [-0.15, -0.1) is 0 Å². The van der Waals surface area contributed by atoms with Crippen LogP contribution in [0.3, 0.4) is 0 Å². The summed E-state index contributed by atoms with van der Waals surface area (Å²) in [4.78, 5) is 16.0. The average molecular weight is 531 g/mol. The number of hydrogen-bond acceptors (Lipinski definition) is 9. The van der Waals surface area contributed by atoms with Crippen LogP contribution < -0.4 is 22.3 Å². The molecule has 9 nitrogen and oxygen atoms in total. The van der Waals surface area contributed by atoms with E-state index in [0.29, 0.717) is 35.4 Å². The molecule has 0 saturated carbocycles. The number of likely N-dealkylation sites (tertiary alicyclic amines) is 1. The number of nitrogens with two attached hydrogens (primary N) is 2. The van der Waals surface area contributed by atoms with Crippen molar-refractivity contribution in [3.05, 3.63) is 71.3 Å². The molecule has 2 heterocycles. The maximum atomic E-state index is 8.97. The van der Waals surface area contributed by atoms with Crippen LogP contribution in [0.15, 0.2) is 65.7 Å². The van der Waals surface area contributed by atoms with E-state index >= 15 is 0 Å². The average Bonchev–Trinajstić information content (AvgIpc) is 2.92. The molecule has 2 aromatic rings. The second-order valence-electron chi connectivity index (χ2n) is 11.4. The number of nitrogen functional groups attached to an aromatic ring is 1. The Hall–Kier alpha value is -3.69. The summed E-state index contributed by atoms with van der Waals surface area (Å²) in [7, 11) is 2.19. The van der Waals surface area contributed by atoms with E-state index in [2.05, 4.69) is 65.5 Å². The summed E-state index contributed by atoms with van der Waals surface area (Å²) in [6.45, 7) is 9.04. The van der Waals surface area contributed by atoms with Crippen LogP contribution in [0.4, 0.5) is 23.0 Å². The second-order valence-corrected chi connectivity index (χ2v) is 11.4. The Labute approximate surface area is 231 Å². The number of allylic oxidation sites excluding steroid dienone is 5. The maximum absolute atomic E-state index is 8.97. The normalized spacial score (nSPS) is 17.3. The molecule has 1 fully saturated rings. The summed E-state index contributed by atoms with van der Waals surface area (Å²) < 4.78 is 0. The van der Waals surface area contributed by atoms with Crippen LogP contribution in [-0.4, -0.2) is 47.3 Å². The molecule has 1 aliphatic carbocycles. The maximum Gasteiger partial charge on any atom is 0.145 e. The Kier molecular flexibility index (Phi) is 9.04. The van der Waals surface area contributed by atoms with Crippen molar-refractivity contribution in [3.8, 4) is 0 Å². The third-order valence-electron chi connectivity index (χ3n) is 7.48. The van der Waals surface area contributed by atoms with Crippen molar-refractivity contribution in [2.45, 2.75) is 46.5 Å². The molecule has 0 bridgehead atoms. The minimum absolute atomic E-state index is 0.159. The summed E-state index contributed by atoms with van der Waals surface area (Å²) in [5, 5.41) is 15.7. The molecule has 7 N–H and O–H groups in total. The summed E-state index contributed by atoms with van der Waals surface area (Å²) in [6.07, 6.45) is 11.9. The van der Waals surface area contributed by atoms with Gasteiger partial charge in [0.25, 0.3) is 0 Å². The fraction of sp³-hybridized carbons (Fsp3) is 0.433. The lowest BCUT2D eigenvalue weighted by Crippen LogP contribution is -2.31. The molecule has 1 saturated heterocycles. The number of nitrogens with one attached hydrogen (secondary N) is 3. The van der Waals surface area contributed by atoms with E-state index in [1.54, 1.807) is 0 Å². The first-order chi connectivity index (χ1) is 18.7. The van der Waals surface area contributed by atoms with Gasteiger partial charge in [0.05, 0.1) is 11.3 Å². The molecule has 208 valence electrons. The lowest BCUT2D eigenvalue weighted by molar-refractivity contribution is 0.155. The van der Waals surface area contributed by atoms with E-state index in [1.165, 1.54) is 24.7 Å². The Morgan fingerprint density at radius 2 is 1.79 bits per heavy atom. The van der Waals surface area contributed by atoms with Crippen LogP contribution in [0.5, 0.6) is 0 Å². The molecule has 0 atom stereocenters. The first-order valence-corrected chi connectivity index (χ1v) is 13.6. The van der Waals surface area contributed by atoms with Gasteiger partial charge in [0.2, 0.25) is 0 Å². The van der Waals surface area contributed by atoms with E-state index in [9.17, 15) is 0 Å². The van der Waals surface area contributed by atoms with Crippen molar-refractivity contribution in [2.24, 2.45) is 17.2 Å². The summed E-state index contributed by atoms with van der Waals surface area (Å²) in [5.74, 6) is 7.62. The Morgan fingerprint density at radius 3 is 2.41 bits per heavy atom. The quantitative estimate of drug-likeness (QED) is 0.165. The number of aromatic nitrogens is 2. The molecule has 1 aromatic carbocycles. The van der Waals surface area contributed by atoms with Crippen molar-refractivity contribution in [1.82, 2.24) is 14.9 Å². The lowest BCUT2D eigenvalue weighted by atomic mass is 9.82. The number of anilines is 4. The molecule has 0 radical (unpaired) electrons. The minimum Gasteiger partial charge on any atom is -0.416 e. The van der Waals surface area contributed by atoms with Crippen molar-refractivity contribution >= 4 is 28.7 Å². The van der Waals surface area contributed by atoms with Crippen LogP contribution in [0.25, 0.3) is 0 Å². The van der Waals surface area contributed by atoms with Gasteiger partial charge in [-0.1, -0.05) is 38.5 Å². The van der Waals surface area contributed by atoms with Gasteiger partial charge in [0.1, 0.15) is 23.7 Å². The zero-order chi connectivity index (χ0) is 28.0. The Morgan fingerprint density at radius 1 is 1.10 bits per heavy atom. The monoisotopic (exact) mass is 530 g/mol. The highest BCUT2D eigenvalue weighted by atomic mass is 16.6. The SMILES string of the molecule is CN1CCC(C2=CC=C(C(=N)c3c(N)ncnc3Nc3ccc(NC/C=C(\ON)C(C)(C)C)cc3)CC2)CC1. The van der Waals surface area contributed by atoms with Crippen LogP contribution in [0.1, 0.15) is 52.0 Å². The van der Waals surface area contributed by atoms with Gasteiger partial charge >= 0.3 is 0 Å². The van der Waals surface area contributed by atoms with Crippen LogP contribution in [-0.2, 0) is 4.84 Å². The predicted molar refractivity (Wildman–Crippen MR) is 160 cm³/mol. The van der Waals surface area contributed by atoms with Gasteiger partial charge in [0, 0.05) is 23.3 Å². The first kappa shape index (κ1) is 28.3. The molecule has 0 amide bonds. The molecule has 1 aliphatic heterocycles. The van der Waals surface area contributed by atoms with Gasteiger partial charge in [-0.2, -0.15) is 5.90 Å². The molecule has 0 spiro atoms.